The van der Waals surface area contributed by atoms with Crippen molar-refractivity contribution in [2.45, 2.75) is 20.3 Å². The summed E-state index contributed by atoms with van der Waals surface area (Å²) in [5, 5.41) is 0.985. The van der Waals surface area contributed by atoms with Gasteiger partial charge in [-0.05, 0) is 26.0 Å². The molecule has 2 amide bonds. The molecule has 0 aliphatic carbocycles. The van der Waals surface area contributed by atoms with Crippen molar-refractivity contribution in [2.24, 2.45) is 0 Å². The third-order valence-electron chi connectivity index (χ3n) is 3.96. The monoisotopic (exact) mass is 333 g/mol. The highest BCUT2D eigenvalue weighted by Gasteiger charge is 2.26. The predicted molar refractivity (Wildman–Crippen MR) is 86.5 cm³/mol. The molecular weight excluding hydrogens is 314 g/mol. The maximum Gasteiger partial charge on any atom is 0.289 e. The minimum Gasteiger partial charge on any atom is -0.459 e. The largest absolute Gasteiger partial charge is 0.459 e. The van der Waals surface area contributed by atoms with Crippen LogP contribution in [0.25, 0.3) is 0 Å². The average Bonchev–Trinajstić information content (AvgIpc) is 3.17. The number of nitrogens with zero attached hydrogens (tertiary/aromatic N) is 3. The Balaban J connectivity index is 1.55. The van der Waals surface area contributed by atoms with Crippen molar-refractivity contribution in [3.63, 3.8) is 0 Å². The van der Waals surface area contributed by atoms with Gasteiger partial charge in [-0.25, -0.2) is 4.98 Å². The zero-order chi connectivity index (χ0) is 16.4. The summed E-state index contributed by atoms with van der Waals surface area (Å²) in [4.78, 5) is 33.5. The number of thiazole rings is 1. The van der Waals surface area contributed by atoms with Gasteiger partial charge in [-0.3, -0.25) is 9.59 Å². The van der Waals surface area contributed by atoms with E-state index in [1.165, 1.54) is 6.26 Å². The molecule has 0 atom stereocenters. The molecule has 0 aromatic carbocycles. The first-order chi connectivity index (χ1) is 11.0. The van der Waals surface area contributed by atoms with E-state index in [1.807, 2.05) is 18.7 Å². The number of furan rings is 1. The zero-order valence-corrected chi connectivity index (χ0v) is 14.1. The number of aryl methyl sites for hydroxylation is 2. The first-order valence-corrected chi connectivity index (χ1v) is 8.39. The fourth-order valence-corrected chi connectivity index (χ4v) is 3.63. The van der Waals surface area contributed by atoms with Gasteiger partial charge in [0.05, 0.1) is 23.4 Å². The van der Waals surface area contributed by atoms with E-state index >= 15 is 0 Å². The molecule has 23 heavy (non-hydrogen) atoms. The number of hydrogen-bond donors (Lipinski definition) is 0. The number of amides is 2. The molecule has 0 radical (unpaired) electrons. The minimum absolute atomic E-state index is 0.0989. The van der Waals surface area contributed by atoms with Crippen molar-refractivity contribution < 1.29 is 14.0 Å². The summed E-state index contributed by atoms with van der Waals surface area (Å²) in [6.07, 6.45) is 1.88. The average molecular weight is 333 g/mol. The summed E-state index contributed by atoms with van der Waals surface area (Å²) < 4.78 is 5.14. The van der Waals surface area contributed by atoms with Crippen molar-refractivity contribution >= 4 is 23.2 Å². The number of hydrogen-bond acceptors (Lipinski definition) is 5. The maximum absolute atomic E-state index is 12.4. The normalized spacial score (nSPS) is 15.0. The molecule has 3 rings (SSSR count). The molecule has 7 heteroatoms. The second-order valence-electron chi connectivity index (χ2n) is 5.57. The van der Waals surface area contributed by atoms with Crippen LogP contribution in [0.1, 0.15) is 26.1 Å². The molecule has 0 saturated carbocycles. The third-order valence-corrected chi connectivity index (χ3v) is 5.04. The molecule has 1 aliphatic rings. The zero-order valence-electron chi connectivity index (χ0n) is 13.2. The smallest absolute Gasteiger partial charge is 0.289 e. The van der Waals surface area contributed by atoms with E-state index in [0.717, 1.165) is 15.6 Å². The molecule has 0 N–H and O–H groups in total. The SMILES string of the molecule is Cc1nc(C)c(CC(=O)N2CCN(C(=O)c3ccco3)CC2)s1. The Kier molecular flexibility index (Phi) is 4.47. The minimum atomic E-state index is -0.115. The summed E-state index contributed by atoms with van der Waals surface area (Å²) in [7, 11) is 0. The summed E-state index contributed by atoms with van der Waals surface area (Å²) in [5.41, 5.74) is 0.937. The van der Waals surface area contributed by atoms with E-state index in [-0.39, 0.29) is 11.8 Å². The number of rotatable bonds is 3. The number of aromatic nitrogens is 1. The van der Waals surface area contributed by atoms with Gasteiger partial charge >= 0.3 is 0 Å². The van der Waals surface area contributed by atoms with E-state index in [9.17, 15) is 9.59 Å². The summed E-state index contributed by atoms with van der Waals surface area (Å²) >= 11 is 1.57. The number of piperazine rings is 1. The number of carbonyl (C=O) groups excluding carboxylic acids is 2. The lowest BCUT2D eigenvalue weighted by Crippen LogP contribution is -2.50. The molecule has 122 valence electrons. The molecule has 1 aliphatic heterocycles. The van der Waals surface area contributed by atoms with Gasteiger partial charge in [-0.2, -0.15) is 0 Å². The van der Waals surface area contributed by atoms with Crippen molar-refractivity contribution in [3.8, 4) is 0 Å². The van der Waals surface area contributed by atoms with Crippen molar-refractivity contribution in [2.75, 3.05) is 26.2 Å². The Labute approximate surface area is 138 Å². The summed E-state index contributed by atoms with van der Waals surface area (Å²) in [6.45, 7) is 6.07. The summed E-state index contributed by atoms with van der Waals surface area (Å²) in [6, 6.07) is 3.36. The molecule has 6 nitrogen and oxygen atoms in total. The molecule has 2 aromatic heterocycles. The molecule has 1 saturated heterocycles. The van der Waals surface area contributed by atoms with Crippen LogP contribution in [0, 0.1) is 13.8 Å². The Bertz CT molecular complexity index is 700. The van der Waals surface area contributed by atoms with Crippen LogP contribution in [0.15, 0.2) is 22.8 Å². The van der Waals surface area contributed by atoms with Crippen LogP contribution >= 0.6 is 11.3 Å². The Morgan fingerprint density at radius 1 is 1.22 bits per heavy atom. The second-order valence-corrected chi connectivity index (χ2v) is 6.86. The lowest BCUT2D eigenvalue weighted by Gasteiger charge is -2.34. The topological polar surface area (TPSA) is 66.7 Å². The molecule has 0 spiro atoms. The van der Waals surface area contributed by atoms with Crippen molar-refractivity contribution in [1.82, 2.24) is 14.8 Å². The van der Waals surface area contributed by atoms with Gasteiger partial charge in [0.15, 0.2) is 5.76 Å². The van der Waals surface area contributed by atoms with Gasteiger partial charge in [0, 0.05) is 31.1 Å². The number of carbonyl (C=O) groups is 2. The van der Waals surface area contributed by atoms with Crippen LogP contribution in [-0.2, 0) is 11.2 Å². The van der Waals surface area contributed by atoms with Gasteiger partial charge in [0.2, 0.25) is 5.91 Å². The van der Waals surface area contributed by atoms with Crippen LogP contribution in [0.2, 0.25) is 0 Å². The van der Waals surface area contributed by atoms with Gasteiger partial charge in [0.25, 0.3) is 5.91 Å². The van der Waals surface area contributed by atoms with E-state index in [2.05, 4.69) is 4.98 Å². The Morgan fingerprint density at radius 2 is 1.91 bits per heavy atom. The van der Waals surface area contributed by atoms with Crippen LogP contribution in [0.4, 0.5) is 0 Å². The van der Waals surface area contributed by atoms with Crippen LogP contribution in [0.3, 0.4) is 0 Å². The van der Waals surface area contributed by atoms with E-state index in [1.54, 1.807) is 28.4 Å². The van der Waals surface area contributed by atoms with Crippen LogP contribution in [0.5, 0.6) is 0 Å². The fourth-order valence-electron chi connectivity index (χ4n) is 2.70. The first kappa shape index (κ1) is 15.7. The van der Waals surface area contributed by atoms with Gasteiger partial charge in [0.1, 0.15) is 0 Å². The molecule has 3 heterocycles. The first-order valence-electron chi connectivity index (χ1n) is 7.58. The Morgan fingerprint density at radius 3 is 2.48 bits per heavy atom. The van der Waals surface area contributed by atoms with Crippen molar-refractivity contribution in [3.05, 3.63) is 39.7 Å². The predicted octanol–water partition coefficient (Wildman–Crippen LogP) is 1.88. The quantitative estimate of drug-likeness (QED) is 0.860. The molecule has 1 fully saturated rings. The van der Waals surface area contributed by atoms with Crippen molar-refractivity contribution in [1.29, 1.82) is 0 Å². The lowest BCUT2D eigenvalue weighted by molar-refractivity contribution is -0.131. The van der Waals surface area contributed by atoms with Crippen LogP contribution in [-0.4, -0.2) is 52.8 Å². The van der Waals surface area contributed by atoms with E-state index in [0.29, 0.717) is 38.4 Å². The van der Waals surface area contributed by atoms with Gasteiger partial charge < -0.3 is 14.2 Å². The van der Waals surface area contributed by atoms with E-state index in [4.69, 9.17) is 4.42 Å². The van der Waals surface area contributed by atoms with Gasteiger partial charge in [-0.1, -0.05) is 0 Å². The van der Waals surface area contributed by atoms with Crippen LogP contribution < -0.4 is 0 Å². The second kappa shape index (κ2) is 6.54. The molecule has 0 unspecified atom stereocenters. The molecule has 2 aromatic rings. The Hall–Kier alpha value is -2.15. The standard InChI is InChI=1S/C16H19N3O3S/c1-11-14(23-12(2)17-11)10-15(20)18-5-7-19(8-6-18)16(21)13-4-3-9-22-13/h3-4,9H,5-8,10H2,1-2H3. The van der Waals surface area contributed by atoms with E-state index < -0.39 is 0 Å². The van der Waals surface area contributed by atoms with Gasteiger partial charge in [-0.15, -0.1) is 11.3 Å². The highest BCUT2D eigenvalue weighted by Crippen LogP contribution is 2.19. The summed E-state index contributed by atoms with van der Waals surface area (Å²) in [5.74, 6) is 0.332. The molecular formula is C16H19N3O3S. The third kappa shape index (κ3) is 3.44. The molecule has 0 bridgehead atoms. The fraction of sp³-hybridized carbons (Fsp3) is 0.438. The highest BCUT2D eigenvalue weighted by atomic mass is 32.1. The maximum atomic E-state index is 12.4. The lowest BCUT2D eigenvalue weighted by atomic mass is 10.2. The highest BCUT2D eigenvalue weighted by molar-refractivity contribution is 7.11.